The molecule has 0 aliphatic heterocycles. The smallest absolute Gasteiger partial charge is 0.351 e. The second kappa shape index (κ2) is 9.88. The van der Waals surface area contributed by atoms with Gasteiger partial charge in [0.2, 0.25) is 0 Å². The number of nitrogens with zero attached hydrogens (tertiary/aromatic N) is 1. The molecule has 0 spiro atoms. The standard InChI is InChI=1S/C15H27N2O5P/c1-4-21-23(19,20)22-10-8-6-5-7-9-16-15(18)14-11-13(2)12-17(14)3/h11-12H,4-10H2,1-3H3,(H,16,18)(H,19,20). The highest BCUT2D eigenvalue weighted by atomic mass is 31.2. The fourth-order valence-electron chi connectivity index (χ4n) is 2.21. The minimum atomic E-state index is -3.86. The van der Waals surface area contributed by atoms with Crippen LogP contribution in [0.25, 0.3) is 0 Å². The van der Waals surface area contributed by atoms with Gasteiger partial charge in [-0.1, -0.05) is 12.8 Å². The molecule has 1 atom stereocenters. The maximum atomic E-state index is 12.0. The number of phosphoric ester groups is 1. The van der Waals surface area contributed by atoms with E-state index in [1.807, 2.05) is 30.8 Å². The second-order valence-electron chi connectivity index (χ2n) is 5.40. The quantitative estimate of drug-likeness (QED) is 0.475. The molecule has 1 unspecified atom stereocenters. The number of aryl methyl sites for hydroxylation is 2. The Bertz CT molecular complexity index is 544. The van der Waals surface area contributed by atoms with Gasteiger partial charge in [-0.05, 0) is 38.3 Å². The Morgan fingerprint density at radius 1 is 1.30 bits per heavy atom. The van der Waals surface area contributed by atoms with Crippen LogP contribution in [0.3, 0.4) is 0 Å². The highest BCUT2D eigenvalue weighted by Crippen LogP contribution is 2.42. The minimum Gasteiger partial charge on any atom is -0.351 e. The molecule has 1 rings (SSSR count). The van der Waals surface area contributed by atoms with E-state index >= 15 is 0 Å². The summed E-state index contributed by atoms with van der Waals surface area (Å²) in [6.45, 7) is 4.55. The highest BCUT2D eigenvalue weighted by molar-refractivity contribution is 7.47. The van der Waals surface area contributed by atoms with Crippen molar-refractivity contribution in [3.8, 4) is 0 Å². The molecule has 23 heavy (non-hydrogen) atoms. The van der Waals surface area contributed by atoms with Gasteiger partial charge < -0.3 is 14.8 Å². The molecule has 0 aliphatic carbocycles. The summed E-state index contributed by atoms with van der Waals surface area (Å²) in [6.07, 6.45) is 5.24. The Morgan fingerprint density at radius 3 is 2.61 bits per heavy atom. The minimum absolute atomic E-state index is 0.0677. The fraction of sp³-hybridized carbons (Fsp3) is 0.667. The molecule has 0 radical (unpaired) electrons. The predicted molar refractivity (Wildman–Crippen MR) is 88.4 cm³/mol. The van der Waals surface area contributed by atoms with Crippen molar-refractivity contribution in [2.45, 2.75) is 39.5 Å². The Labute approximate surface area is 137 Å². The third-order valence-corrected chi connectivity index (χ3v) is 4.37. The summed E-state index contributed by atoms with van der Waals surface area (Å²) in [5, 5.41) is 2.89. The number of nitrogens with one attached hydrogen (secondary N) is 1. The van der Waals surface area contributed by atoms with Crippen molar-refractivity contribution in [2.24, 2.45) is 7.05 Å². The van der Waals surface area contributed by atoms with Crippen molar-refractivity contribution in [1.82, 2.24) is 9.88 Å². The predicted octanol–water partition coefficient (Wildman–Crippen LogP) is 2.78. The zero-order valence-corrected chi connectivity index (χ0v) is 15.0. The van der Waals surface area contributed by atoms with Gasteiger partial charge in [0.15, 0.2) is 0 Å². The van der Waals surface area contributed by atoms with E-state index in [0.717, 1.165) is 24.8 Å². The van der Waals surface area contributed by atoms with E-state index in [9.17, 15) is 14.3 Å². The van der Waals surface area contributed by atoms with Crippen molar-refractivity contribution in [1.29, 1.82) is 0 Å². The number of unbranched alkanes of at least 4 members (excludes halogenated alkanes) is 3. The maximum Gasteiger partial charge on any atom is 0.472 e. The summed E-state index contributed by atoms with van der Waals surface area (Å²) in [5.41, 5.74) is 1.72. The molecule has 8 heteroatoms. The first-order valence-electron chi connectivity index (χ1n) is 7.88. The molecule has 2 N–H and O–H groups in total. The molecular formula is C15H27N2O5P. The third kappa shape index (κ3) is 7.79. The largest absolute Gasteiger partial charge is 0.472 e. The van der Waals surface area contributed by atoms with E-state index in [1.165, 1.54) is 0 Å². The molecule has 0 bridgehead atoms. The van der Waals surface area contributed by atoms with Crippen LogP contribution in [0, 0.1) is 6.92 Å². The van der Waals surface area contributed by atoms with Gasteiger partial charge in [0, 0.05) is 19.8 Å². The van der Waals surface area contributed by atoms with Crippen molar-refractivity contribution in [2.75, 3.05) is 19.8 Å². The summed E-state index contributed by atoms with van der Waals surface area (Å²) in [5.74, 6) is -0.0677. The number of carbonyl (C=O) groups excluding carboxylic acids is 1. The summed E-state index contributed by atoms with van der Waals surface area (Å²) in [4.78, 5) is 21.2. The molecule has 0 aromatic carbocycles. The number of rotatable bonds is 11. The number of phosphoric acid groups is 1. The van der Waals surface area contributed by atoms with Gasteiger partial charge in [-0.25, -0.2) is 4.57 Å². The summed E-state index contributed by atoms with van der Waals surface area (Å²) < 4.78 is 22.5. The van der Waals surface area contributed by atoms with Crippen LogP contribution < -0.4 is 5.32 Å². The molecule has 0 aliphatic rings. The van der Waals surface area contributed by atoms with E-state index in [0.29, 0.717) is 18.7 Å². The average Bonchev–Trinajstić information content (AvgIpc) is 2.80. The molecular weight excluding hydrogens is 319 g/mol. The van der Waals surface area contributed by atoms with Gasteiger partial charge in [-0.3, -0.25) is 13.8 Å². The zero-order chi connectivity index (χ0) is 17.3. The van der Waals surface area contributed by atoms with E-state index in [2.05, 4.69) is 9.84 Å². The van der Waals surface area contributed by atoms with Gasteiger partial charge in [-0.2, -0.15) is 0 Å². The second-order valence-corrected chi connectivity index (χ2v) is 6.86. The maximum absolute atomic E-state index is 12.0. The average molecular weight is 346 g/mol. The topological polar surface area (TPSA) is 89.8 Å². The SMILES string of the molecule is CCOP(=O)(O)OCCCCCCNC(=O)c1cc(C)cn1C. The molecule has 1 aromatic rings. The lowest BCUT2D eigenvalue weighted by molar-refractivity contribution is 0.0944. The van der Waals surface area contributed by atoms with Gasteiger partial charge >= 0.3 is 7.82 Å². The number of hydrogen-bond donors (Lipinski definition) is 2. The van der Waals surface area contributed by atoms with Crippen molar-refractivity contribution >= 4 is 13.7 Å². The van der Waals surface area contributed by atoms with Gasteiger partial charge in [-0.15, -0.1) is 0 Å². The van der Waals surface area contributed by atoms with E-state index in [1.54, 1.807) is 6.92 Å². The molecule has 7 nitrogen and oxygen atoms in total. The fourth-order valence-corrected chi connectivity index (χ4v) is 2.97. The van der Waals surface area contributed by atoms with E-state index in [-0.39, 0.29) is 19.1 Å². The third-order valence-electron chi connectivity index (χ3n) is 3.28. The van der Waals surface area contributed by atoms with Crippen LogP contribution in [-0.2, 0) is 20.7 Å². The molecule has 132 valence electrons. The lowest BCUT2D eigenvalue weighted by atomic mass is 10.2. The molecule has 1 amide bonds. The van der Waals surface area contributed by atoms with Gasteiger partial charge in [0.1, 0.15) is 5.69 Å². The Balaban J connectivity index is 2.07. The normalized spacial score (nSPS) is 13.7. The number of aromatic nitrogens is 1. The number of carbonyl (C=O) groups is 1. The van der Waals surface area contributed by atoms with Crippen molar-refractivity contribution in [3.63, 3.8) is 0 Å². The molecule has 0 saturated carbocycles. The van der Waals surface area contributed by atoms with Crippen LogP contribution >= 0.6 is 7.82 Å². The highest BCUT2D eigenvalue weighted by Gasteiger charge is 2.18. The van der Waals surface area contributed by atoms with Crippen LogP contribution in [-0.4, -0.2) is 35.1 Å². The Hall–Kier alpha value is -1.14. The lowest BCUT2D eigenvalue weighted by Gasteiger charge is -2.10. The van der Waals surface area contributed by atoms with Gasteiger partial charge in [0.05, 0.1) is 13.2 Å². The van der Waals surface area contributed by atoms with Crippen LogP contribution in [0.15, 0.2) is 12.3 Å². The Morgan fingerprint density at radius 2 is 2.00 bits per heavy atom. The van der Waals surface area contributed by atoms with Crippen molar-refractivity contribution < 1.29 is 23.3 Å². The number of amides is 1. The van der Waals surface area contributed by atoms with Crippen LogP contribution in [0.4, 0.5) is 0 Å². The molecule has 1 heterocycles. The van der Waals surface area contributed by atoms with Crippen molar-refractivity contribution in [3.05, 3.63) is 23.5 Å². The molecule has 1 aromatic heterocycles. The first-order chi connectivity index (χ1) is 10.9. The first-order valence-corrected chi connectivity index (χ1v) is 9.38. The monoisotopic (exact) mass is 346 g/mol. The van der Waals surface area contributed by atoms with Gasteiger partial charge in [0.25, 0.3) is 5.91 Å². The zero-order valence-electron chi connectivity index (χ0n) is 14.1. The summed E-state index contributed by atoms with van der Waals surface area (Å²) >= 11 is 0. The summed E-state index contributed by atoms with van der Waals surface area (Å²) in [6, 6.07) is 1.86. The van der Waals surface area contributed by atoms with Crippen LogP contribution in [0.5, 0.6) is 0 Å². The molecule has 0 fully saturated rings. The van der Waals surface area contributed by atoms with E-state index in [4.69, 9.17) is 4.52 Å². The summed E-state index contributed by atoms with van der Waals surface area (Å²) in [7, 11) is -2.01. The van der Waals surface area contributed by atoms with Crippen LogP contribution in [0.1, 0.15) is 48.7 Å². The lowest BCUT2D eigenvalue weighted by Crippen LogP contribution is -2.26. The van der Waals surface area contributed by atoms with Crippen LogP contribution in [0.2, 0.25) is 0 Å². The van der Waals surface area contributed by atoms with E-state index < -0.39 is 7.82 Å². The molecule has 0 saturated heterocycles. The number of hydrogen-bond acceptors (Lipinski definition) is 4. The first kappa shape index (κ1) is 19.9. The Kier molecular flexibility index (Phi) is 8.55.